The quantitative estimate of drug-likeness (QED) is 0.0444. The topological polar surface area (TPSA) is 297 Å². The second kappa shape index (κ2) is 22.2. The number of hydroxylamine groups is 2. The van der Waals surface area contributed by atoms with Crippen LogP contribution < -0.4 is 32.2 Å². The zero-order valence-electron chi connectivity index (χ0n) is 40.4. The Morgan fingerprint density at radius 2 is 1.39 bits per heavy atom. The lowest BCUT2D eigenvalue weighted by molar-refractivity contribution is -0.197. The number of rotatable bonds is 20. The van der Waals surface area contributed by atoms with Crippen LogP contribution in [0.2, 0.25) is 0 Å². The van der Waals surface area contributed by atoms with Crippen LogP contribution in [0.1, 0.15) is 123 Å². The van der Waals surface area contributed by atoms with Crippen molar-refractivity contribution in [2.45, 2.75) is 127 Å². The third-order valence-corrected chi connectivity index (χ3v) is 13.3. The highest BCUT2D eigenvalue weighted by Crippen LogP contribution is 2.32. The zero-order chi connectivity index (χ0) is 52.1. The molecule has 4 heterocycles. The Bertz CT molecular complexity index is 2620. The molecule has 0 saturated carbocycles. The normalized spacial score (nSPS) is 19.3. The van der Waals surface area contributed by atoms with Gasteiger partial charge in [-0.15, -0.1) is 5.06 Å². The molecule has 380 valence electrons. The van der Waals surface area contributed by atoms with Crippen molar-refractivity contribution in [1.82, 2.24) is 31.2 Å². The second-order valence-corrected chi connectivity index (χ2v) is 19.3. The van der Waals surface area contributed by atoms with Gasteiger partial charge in [0.15, 0.2) is 0 Å². The highest BCUT2D eigenvalue weighted by molar-refractivity contribution is 6.62. The van der Waals surface area contributed by atoms with Crippen molar-refractivity contribution in [1.29, 1.82) is 0 Å². The average molecular weight is 993 g/mol. The van der Waals surface area contributed by atoms with Crippen LogP contribution in [0.3, 0.4) is 0 Å². The van der Waals surface area contributed by atoms with Crippen LogP contribution in [0.25, 0.3) is 0 Å². The number of carboxylic acids is 1. The SMILES string of the molecule is CC1(C)OB(O)c2cc(C(=O)N[C@@H]3C[C@@H](C(=O)N[C@@H](CCCCNC(=O)CCc4ccccc4)C(=O)N[C@@H](CCC(=O)ON4C(=O)CCC4=O)C(=O)O)N(C(=O)c4ccc5c(c4)B(O)OC5(C)C)C3)ccc21. The molecule has 2 saturated heterocycles. The summed E-state index contributed by atoms with van der Waals surface area (Å²) in [5.41, 5.74) is 1.70. The number of unbranched alkanes of at least 4 members (excludes halogenated alkanes) is 1. The molecule has 4 aliphatic heterocycles. The molecule has 0 radical (unpaired) electrons. The third-order valence-electron chi connectivity index (χ3n) is 13.3. The molecule has 0 unspecified atom stereocenters. The van der Waals surface area contributed by atoms with Gasteiger partial charge in [0.25, 0.3) is 23.6 Å². The molecular formula is C49H58B2N6O15. The number of amides is 7. The molecule has 7 rings (SSSR count). The molecule has 4 atom stereocenters. The number of nitrogens with one attached hydrogen (secondary N) is 4. The van der Waals surface area contributed by atoms with Crippen LogP contribution in [-0.4, -0.2) is 130 Å². The van der Waals surface area contributed by atoms with Gasteiger partial charge in [0, 0.05) is 49.5 Å². The number of likely N-dealkylation sites (tertiary alicyclic amines) is 1. The van der Waals surface area contributed by atoms with Gasteiger partial charge in [0.1, 0.15) is 18.1 Å². The Morgan fingerprint density at radius 3 is 2.01 bits per heavy atom. The van der Waals surface area contributed by atoms with E-state index < -0.39 is 110 Å². The van der Waals surface area contributed by atoms with Crippen molar-refractivity contribution in [2.24, 2.45) is 0 Å². The Hall–Kier alpha value is -6.94. The van der Waals surface area contributed by atoms with Crippen molar-refractivity contribution in [3.63, 3.8) is 0 Å². The highest BCUT2D eigenvalue weighted by Gasteiger charge is 2.45. The molecular weight excluding hydrogens is 934 g/mol. The van der Waals surface area contributed by atoms with E-state index in [1.54, 1.807) is 45.9 Å². The summed E-state index contributed by atoms with van der Waals surface area (Å²) in [6.07, 6.45) is -0.331. The molecule has 0 bridgehead atoms. The van der Waals surface area contributed by atoms with Gasteiger partial charge in [-0.2, -0.15) is 0 Å². The number of benzene rings is 3. The lowest BCUT2D eigenvalue weighted by atomic mass is 9.77. The van der Waals surface area contributed by atoms with Crippen molar-refractivity contribution in [3.8, 4) is 0 Å². The first-order valence-electron chi connectivity index (χ1n) is 23.9. The maximum absolute atomic E-state index is 14.6. The Balaban J connectivity index is 1.08. The summed E-state index contributed by atoms with van der Waals surface area (Å²) in [7, 11) is -2.61. The van der Waals surface area contributed by atoms with E-state index in [0.717, 1.165) is 5.56 Å². The maximum Gasteiger partial charge on any atom is 0.492 e. The molecule has 72 heavy (non-hydrogen) atoms. The van der Waals surface area contributed by atoms with E-state index in [4.69, 9.17) is 14.1 Å². The minimum Gasteiger partial charge on any atom is -0.480 e. The summed E-state index contributed by atoms with van der Waals surface area (Å²) < 4.78 is 11.3. The molecule has 7 amide bonds. The van der Waals surface area contributed by atoms with Gasteiger partial charge in [-0.25, -0.2) is 9.59 Å². The monoisotopic (exact) mass is 992 g/mol. The molecule has 0 aliphatic carbocycles. The van der Waals surface area contributed by atoms with Crippen LogP contribution in [0, 0.1) is 0 Å². The molecule has 2 fully saturated rings. The van der Waals surface area contributed by atoms with Crippen LogP contribution in [0.4, 0.5) is 0 Å². The van der Waals surface area contributed by atoms with Gasteiger partial charge < -0.3 is 55.5 Å². The Labute approximate surface area is 415 Å². The van der Waals surface area contributed by atoms with E-state index in [9.17, 15) is 58.3 Å². The summed E-state index contributed by atoms with van der Waals surface area (Å²) >= 11 is 0. The molecule has 0 spiro atoms. The number of hydrogen-bond donors (Lipinski definition) is 7. The number of fused-ring (bicyclic) bond motifs is 2. The van der Waals surface area contributed by atoms with E-state index in [0.29, 0.717) is 40.0 Å². The average Bonchev–Trinajstić information content (AvgIpc) is 4.04. The fourth-order valence-electron chi connectivity index (χ4n) is 9.39. The molecule has 21 nitrogen and oxygen atoms in total. The second-order valence-electron chi connectivity index (χ2n) is 19.3. The van der Waals surface area contributed by atoms with Gasteiger partial charge in [0.05, 0.1) is 17.6 Å². The fraction of sp³-hybridized carbons (Fsp3) is 0.449. The molecule has 3 aromatic rings. The van der Waals surface area contributed by atoms with Crippen molar-refractivity contribution in [3.05, 3.63) is 94.5 Å². The largest absolute Gasteiger partial charge is 0.492 e. The van der Waals surface area contributed by atoms with Crippen LogP contribution in [0.15, 0.2) is 66.7 Å². The Morgan fingerprint density at radius 1 is 0.778 bits per heavy atom. The number of aryl methyl sites for hydroxylation is 1. The standard InChI is InChI=1S/C49H58B2N6O15/c1-48(2)32-16-14-29(24-34(32)50(68)71-48)43(62)53-31-26-38(56(27-31)46(65)30-15-17-33-35(25-30)51(69)72-49(33,3)4)45(64)54-36(12-8-9-23-52-39(58)19-13-28-10-6-5-7-11-28)44(63)55-37(47(66)67)18-22-42(61)70-57-40(59)20-21-41(57)60/h5-7,10-11,14-17,24-25,31,36-38,68-69H,8-9,12-13,18-23,26-27H2,1-4H3,(H,52,58)(H,53,62)(H,54,64)(H,55,63)(H,66,67)/t31-,36+,37+,38+/m1/s1. The van der Waals surface area contributed by atoms with E-state index in [2.05, 4.69) is 21.3 Å². The Kier molecular flexibility index (Phi) is 16.3. The summed E-state index contributed by atoms with van der Waals surface area (Å²) in [5.74, 6) is -7.30. The summed E-state index contributed by atoms with van der Waals surface area (Å²) in [6, 6.07) is 13.6. The molecule has 3 aromatic carbocycles. The van der Waals surface area contributed by atoms with Gasteiger partial charge in [-0.05, 0) is 118 Å². The number of aliphatic carboxylic acids is 1. The summed E-state index contributed by atoms with van der Waals surface area (Å²) in [5, 5.41) is 42.5. The van der Waals surface area contributed by atoms with Crippen molar-refractivity contribution < 1.29 is 72.5 Å². The third kappa shape index (κ3) is 12.4. The first-order valence-corrected chi connectivity index (χ1v) is 23.9. The number of hydrogen-bond acceptors (Lipinski definition) is 14. The molecule has 23 heteroatoms. The molecule has 0 aromatic heterocycles. The minimum atomic E-state index is -1.70. The van der Waals surface area contributed by atoms with E-state index >= 15 is 0 Å². The van der Waals surface area contributed by atoms with Gasteiger partial charge >= 0.3 is 26.2 Å². The van der Waals surface area contributed by atoms with E-state index in [1.807, 2.05) is 30.3 Å². The van der Waals surface area contributed by atoms with Crippen LogP contribution in [-0.2, 0) is 65.3 Å². The minimum absolute atomic E-state index is 0.0744. The smallest absolute Gasteiger partial charge is 0.480 e. The van der Waals surface area contributed by atoms with E-state index in [1.165, 1.54) is 23.1 Å². The van der Waals surface area contributed by atoms with Crippen LogP contribution >= 0.6 is 0 Å². The first-order chi connectivity index (χ1) is 34.1. The highest BCUT2D eigenvalue weighted by atomic mass is 16.7. The lowest BCUT2D eigenvalue weighted by Crippen LogP contribution is -2.55. The predicted molar refractivity (Wildman–Crippen MR) is 257 cm³/mol. The van der Waals surface area contributed by atoms with Gasteiger partial charge in [-0.1, -0.05) is 42.5 Å². The summed E-state index contributed by atoms with van der Waals surface area (Å²) in [6.45, 7) is 7.13. The number of carbonyl (C=O) groups excluding carboxylic acids is 8. The van der Waals surface area contributed by atoms with Gasteiger partial charge in [-0.3, -0.25) is 33.6 Å². The molecule has 4 aliphatic rings. The van der Waals surface area contributed by atoms with Crippen molar-refractivity contribution >= 4 is 78.5 Å². The fourth-order valence-corrected chi connectivity index (χ4v) is 9.39. The first kappa shape index (κ1) is 52.9. The predicted octanol–water partition coefficient (Wildman–Crippen LogP) is -0.0338. The maximum atomic E-state index is 14.6. The number of imide groups is 1. The van der Waals surface area contributed by atoms with E-state index in [-0.39, 0.29) is 68.6 Å². The summed E-state index contributed by atoms with van der Waals surface area (Å²) in [4.78, 5) is 125. The lowest BCUT2D eigenvalue weighted by Gasteiger charge is -2.27. The van der Waals surface area contributed by atoms with Crippen LogP contribution in [0.5, 0.6) is 0 Å². The molecule has 7 N–H and O–H groups in total. The number of carboxylic acid groups (broad SMARTS) is 1. The van der Waals surface area contributed by atoms with Crippen molar-refractivity contribution in [2.75, 3.05) is 13.1 Å². The number of nitrogens with zero attached hydrogens (tertiary/aromatic N) is 2. The number of carbonyl (C=O) groups is 9. The van der Waals surface area contributed by atoms with Gasteiger partial charge in [0.2, 0.25) is 17.7 Å². The zero-order valence-corrected chi connectivity index (χ0v) is 40.4.